The van der Waals surface area contributed by atoms with Crippen LogP contribution in [0.25, 0.3) is 33.7 Å². The number of fused-ring (bicyclic) bond motifs is 1. The monoisotopic (exact) mass is 342 g/mol. The molecule has 1 aromatic carbocycles. The Morgan fingerprint density at radius 2 is 2.12 bits per heavy atom. The van der Waals surface area contributed by atoms with E-state index in [9.17, 15) is 3.89 Å². The molecule has 2 N–H and O–H groups in total. The fourth-order valence-electron chi connectivity index (χ4n) is 2.56. The van der Waals surface area contributed by atoms with Crippen molar-refractivity contribution >= 4 is 29.1 Å². The Kier molecular flexibility index (Phi) is 3.42. The topological polar surface area (TPSA) is 95.7 Å². The van der Waals surface area contributed by atoms with Crippen LogP contribution in [0.2, 0.25) is 0 Å². The standard InChI is InChI=1S/C15H11FN6OS/c1-8-20-21-15(23-8)11-6-22(24-16)14-12(11)13(18-7-19-14)9-3-2-4-10(17)5-9/h2-7H,17H2,1H3. The van der Waals surface area contributed by atoms with Crippen molar-refractivity contribution in [1.29, 1.82) is 0 Å². The predicted octanol–water partition coefficient (Wildman–Crippen LogP) is 3.42. The first-order valence-electron chi connectivity index (χ1n) is 6.99. The minimum Gasteiger partial charge on any atom is -0.421 e. The molecule has 3 heterocycles. The van der Waals surface area contributed by atoms with Gasteiger partial charge in [0, 0.05) is 24.4 Å². The second-order valence-electron chi connectivity index (χ2n) is 5.11. The van der Waals surface area contributed by atoms with Crippen LogP contribution in [0.5, 0.6) is 0 Å². The molecule has 0 radical (unpaired) electrons. The molecule has 3 aromatic heterocycles. The molecule has 9 heteroatoms. The van der Waals surface area contributed by atoms with Crippen LogP contribution < -0.4 is 5.73 Å². The van der Waals surface area contributed by atoms with E-state index < -0.39 is 0 Å². The molecule has 120 valence electrons. The number of nitrogens with zero attached hydrogens (tertiary/aromatic N) is 5. The van der Waals surface area contributed by atoms with Gasteiger partial charge >= 0.3 is 0 Å². The van der Waals surface area contributed by atoms with Gasteiger partial charge in [0.15, 0.2) is 18.0 Å². The number of nitrogens with two attached hydrogens (primary N) is 1. The minimum atomic E-state index is 0.0395. The van der Waals surface area contributed by atoms with Gasteiger partial charge in [0.05, 0.1) is 16.6 Å². The summed E-state index contributed by atoms with van der Waals surface area (Å²) in [7, 11) is 0. The van der Waals surface area contributed by atoms with Crippen molar-refractivity contribution < 1.29 is 8.30 Å². The average molecular weight is 342 g/mol. The highest BCUT2D eigenvalue weighted by atomic mass is 32.2. The van der Waals surface area contributed by atoms with Gasteiger partial charge < -0.3 is 10.2 Å². The van der Waals surface area contributed by atoms with Gasteiger partial charge in [-0.25, -0.2) is 13.9 Å². The molecule has 0 saturated heterocycles. The van der Waals surface area contributed by atoms with Crippen molar-refractivity contribution in [1.82, 2.24) is 24.1 Å². The molecule has 0 fully saturated rings. The third-order valence-corrected chi connectivity index (χ3v) is 3.97. The molecule has 0 bridgehead atoms. The normalized spacial score (nSPS) is 11.2. The smallest absolute Gasteiger partial charge is 0.250 e. The average Bonchev–Trinajstić information content (AvgIpc) is 3.18. The van der Waals surface area contributed by atoms with E-state index in [4.69, 9.17) is 10.2 Å². The third kappa shape index (κ3) is 2.29. The molecule has 24 heavy (non-hydrogen) atoms. The van der Waals surface area contributed by atoms with Gasteiger partial charge in [0.25, 0.3) is 0 Å². The number of hydrogen-bond acceptors (Lipinski definition) is 7. The van der Waals surface area contributed by atoms with Crippen LogP contribution in [-0.4, -0.2) is 24.1 Å². The first kappa shape index (κ1) is 14.6. The van der Waals surface area contributed by atoms with Crippen molar-refractivity contribution in [2.45, 2.75) is 6.92 Å². The van der Waals surface area contributed by atoms with Gasteiger partial charge in [-0.15, -0.1) is 14.1 Å². The predicted molar refractivity (Wildman–Crippen MR) is 89.5 cm³/mol. The summed E-state index contributed by atoms with van der Waals surface area (Å²) < 4.78 is 20.1. The number of rotatable bonds is 3. The van der Waals surface area contributed by atoms with Crippen molar-refractivity contribution in [3.05, 3.63) is 42.7 Å². The summed E-state index contributed by atoms with van der Waals surface area (Å²) in [5.41, 5.74) is 8.87. The fourth-order valence-corrected chi connectivity index (χ4v) is 2.91. The van der Waals surface area contributed by atoms with Crippen LogP contribution in [0.4, 0.5) is 9.57 Å². The summed E-state index contributed by atoms with van der Waals surface area (Å²) >= 11 is 0.0395. The van der Waals surface area contributed by atoms with E-state index in [2.05, 4.69) is 20.2 Å². The Morgan fingerprint density at radius 3 is 2.83 bits per heavy atom. The second-order valence-corrected chi connectivity index (χ2v) is 5.64. The summed E-state index contributed by atoms with van der Waals surface area (Å²) in [4.78, 5) is 8.54. The molecule has 0 atom stereocenters. The number of aromatic nitrogens is 5. The maximum absolute atomic E-state index is 13.3. The van der Waals surface area contributed by atoms with E-state index in [0.29, 0.717) is 33.9 Å². The molecule has 7 nitrogen and oxygen atoms in total. The zero-order chi connectivity index (χ0) is 16.7. The molecule has 4 rings (SSSR count). The summed E-state index contributed by atoms with van der Waals surface area (Å²) in [5, 5.41) is 8.48. The van der Waals surface area contributed by atoms with Gasteiger partial charge in [-0.1, -0.05) is 12.1 Å². The SMILES string of the molecule is Cc1nnc(-c2cn(SF)c3ncnc(-c4cccc(N)c4)c23)o1. The van der Waals surface area contributed by atoms with Gasteiger partial charge in [0.2, 0.25) is 11.8 Å². The van der Waals surface area contributed by atoms with Crippen LogP contribution in [0.1, 0.15) is 5.89 Å². The largest absolute Gasteiger partial charge is 0.421 e. The van der Waals surface area contributed by atoms with Crippen molar-refractivity contribution in [3.63, 3.8) is 0 Å². The van der Waals surface area contributed by atoms with Crippen molar-refractivity contribution in [3.8, 4) is 22.7 Å². The number of benzene rings is 1. The van der Waals surface area contributed by atoms with Gasteiger partial charge in [-0.3, -0.25) is 0 Å². The fraction of sp³-hybridized carbons (Fsp3) is 0.0667. The highest BCUT2D eigenvalue weighted by molar-refractivity contribution is 7.92. The van der Waals surface area contributed by atoms with Gasteiger partial charge in [0.1, 0.15) is 6.33 Å². The van der Waals surface area contributed by atoms with Gasteiger partial charge in [-0.2, -0.15) is 0 Å². The minimum absolute atomic E-state index is 0.0395. The van der Waals surface area contributed by atoms with E-state index in [1.54, 1.807) is 25.3 Å². The molecule has 0 aliphatic carbocycles. The molecule has 0 aliphatic heterocycles. The Hall–Kier alpha value is -2.94. The molecule has 0 unspecified atom stereocenters. The van der Waals surface area contributed by atoms with Crippen LogP contribution in [0.3, 0.4) is 0 Å². The number of hydrogen-bond donors (Lipinski definition) is 1. The number of aryl methyl sites for hydroxylation is 1. The lowest BCUT2D eigenvalue weighted by Crippen LogP contribution is -1.92. The Bertz CT molecular complexity index is 1040. The summed E-state index contributed by atoms with van der Waals surface area (Å²) in [6.45, 7) is 1.69. The van der Waals surface area contributed by atoms with Crippen LogP contribution in [0, 0.1) is 6.92 Å². The summed E-state index contributed by atoms with van der Waals surface area (Å²) in [6.07, 6.45) is 2.95. The Balaban J connectivity index is 2.06. The van der Waals surface area contributed by atoms with E-state index in [0.717, 1.165) is 5.56 Å². The zero-order valence-corrected chi connectivity index (χ0v) is 13.3. The molecular weight excluding hydrogens is 331 g/mol. The first-order valence-corrected chi connectivity index (χ1v) is 7.66. The number of halogens is 1. The zero-order valence-electron chi connectivity index (χ0n) is 12.5. The number of anilines is 1. The maximum atomic E-state index is 13.3. The lowest BCUT2D eigenvalue weighted by atomic mass is 10.1. The quantitative estimate of drug-likeness (QED) is 0.570. The second kappa shape index (κ2) is 5.60. The molecule has 0 aliphatic rings. The molecule has 4 aromatic rings. The van der Waals surface area contributed by atoms with E-state index in [-0.39, 0.29) is 18.2 Å². The summed E-state index contributed by atoms with van der Waals surface area (Å²) in [6, 6.07) is 7.29. The Morgan fingerprint density at radius 1 is 1.25 bits per heavy atom. The summed E-state index contributed by atoms with van der Waals surface area (Å²) in [5.74, 6) is 0.700. The van der Waals surface area contributed by atoms with Crippen LogP contribution >= 0.6 is 12.3 Å². The lowest BCUT2D eigenvalue weighted by Gasteiger charge is -2.05. The van der Waals surface area contributed by atoms with E-state index >= 15 is 0 Å². The first-order chi connectivity index (χ1) is 11.7. The lowest BCUT2D eigenvalue weighted by molar-refractivity contribution is 0.533. The van der Waals surface area contributed by atoms with E-state index in [1.807, 2.05) is 12.1 Å². The van der Waals surface area contributed by atoms with Gasteiger partial charge in [-0.05, 0) is 12.1 Å². The highest BCUT2D eigenvalue weighted by Crippen LogP contribution is 2.37. The van der Waals surface area contributed by atoms with Crippen molar-refractivity contribution in [2.75, 3.05) is 5.73 Å². The maximum Gasteiger partial charge on any atom is 0.250 e. The van der Waals surface area contributed by atoms with E-state index in [1.165, 1.54) is 10.3 Å². The third-order valence-electron chi connectivity index (χ3n) is 3.54. The number of nitrogen functional groups attached to an aromatic ring is 1. The van der Waals surface area contributed by atoms with Crippen LogP contribution in [-0.2, 0) is 0 Å². The van der Waals surface area contributed by atoms with Crippen LogP contribution in [0.15, 0.2) is 41.2 Å². The highest BCUT2D eigenvalue weighted by Gasteiger charge is 2.21. The molecular formula is C15H11FN6OS. The molecule has 0 amide bonds. The Labute approximate surface area is 140 Å². The molecule has 0 spiro atoms. The molecule has 0 saturated carbocycles. The van der Waals surface area contributed by atoms with Crippen molar-refractivity contribution in [2.24, 2.45) is 0 Å².